The van der Waals surface area contributed by atoms with Crippen LogP contribution < -0.4 is 0 Å². The van der Waals surface area contributed by atoms with Gasteiger partial charge in [0.2, 0.25) is 11.8 Å². The van der Waals surface area contributed by atoms with Crippen molar-refractivity contribution in [2.45, 2.75) is 6.18 Å². The molecule has 0 N–H and O–H groups in total. The van der Waals surface area contributed by atoms with Gasteiger partial charge in [0, 0.05) is 5.56 Å². The van der Waals surface area contributed by atoms with E-state index in [1.54, 1.807) is 24.3 Å². The SMILES string of the molecule is FC(F)(F)c1ccccc1-c1nnc(-c2ccccc2)o1. The third-order valence-corrected chi connectivity index (χ3v) is 2.91. The molecule has 0 unspecified atom stereocenters. The van der Waals surface area contributed by atoms with Crippen LogP contribution in [0, 0.1) is 0 Å². The van der Waals surface area contributed by atoms with Crippen LogP contribution in [-0.2, 0) is 6.18 Å². The van der Waals surface area contributed by atoms with Gasteiger partial charge < -0.3 is 4.42 Å². The monoisotopic (exact) mass is 290 g/mol. The average Bonchev–Trinajstić information content (AvgIpc) is 2.97. The Morgan fingerprint density at radius 1 is 0.762 bits per heavy atom. The van der Waals surface area contributed by atoms with Crippen molar-refractivity contribution in [1.82, 2.24) is 10.2 Å². The molecular weight excluding hydrogens is 281 g/mol. The van der Waals surface area contributed by atoms with Crippen molar-refractivity contribution in [3.8, 4) is 22.9 Å². The minimum Gasteiger partial charge on any atom is -0.416 e. The lowest BCUT2D eigenvalue weighted by atomic mass is 10.1. The number of halogens is 3. The average molecular weight is 290 g/mol. The summed E-state index contributed by atoms with van der Waals surface area (Å²) < 4.78 is 44.3. The second kappa shape index (κ2) is 5.05. The van der Waals surface area contributed by atoms with Gasteiger partial charge in [-0.3, -0.25) is 0 Å². The molecule has 1 heterocycles. The molecule has 0 fully saturated rings. The molecule has 0 spiro atoms. The maximum atomic E-state index is 13.0. The van der Waals surface area contributed by atoms with Crippen LogP contribution in [0.5, 0.6) is 0 Å². The number of rotatable bonds is 2. The molecule has 0 amide bonds. The van der Waals surface area contributed by atoms with Crippen LogP contribution in [0.4, 0.5) is 13.2 Å². The summed E-state index contributed by atoms with van der Waals surface area (Å²) >= 11 is 0. The fourth-order valence-corrected chi connectivity index (χ4v) is 1.95. The Bertz CT molecular complexity index is 751. The summed E-state index contributed by atoms with van der Waals surface area (Å²) in [5, 5.41) is 7.52. The van der Waals surface area contributed by atoms with Crippen molar-refractivity contribution >= 4 is 0 Å². The lowest BCUT2D eigenvalue weighted by Gasteiger charge is -2.09. The first-order valence-electron chi connectivity index (χ1n) is 6.11. The molecule has 0 saturated carbocycles. The summed E-state index contributed by atoms with van der Waals surface area (Å²) in [6, 6.07) is 14.0. The molecule has 0 aliphatic rings. The molecule has 106 valence electrons. The van der Waals surface area contributed by atoms with Gasteiger partial charge in [-0.15, -0.1) is 10.2 Å². The Labute approximate surface area is 118 Å². The third-order valence-electron chi connectivity index (χ3n) is 2.91. The number of alkyl halides is 3. The van der Waals surface area contributed by atoms with Gasteiger partial charge in [-0.25, -0.2) is 0 Å². The zero-order valence-electron chi connectivity index (χ0n) is 10.6. The molecule has 2 aromatic carbocycles. The molecule has 0 saturated heterocycles. The highest BCUT2D eigenvalue weighted by Gasteiger charge is 2.34. The maximum absolute atomic E-state index is 13.0. The van der Waals surface area contributed by atoms with Crippen molar-refractivity contribution < 1.29 is 17.6 Å². The Balaban J connectivity index is 2.06. The van der Waals surface area contributed by atoms with E-state index in [1.165, 1.54) is 18.2 Å². The number of hydrogen-bond donors (Lipinski definition) is 0. The van der Waals surface area contributed by atoms with Gasteiger partial charge in [-0.05, 0) is 24.3 Å². The lowest BCUT2D eigenvalue weighted by Crippen LogP contribution is -2.06. The van der Waals surface area contributed by atoms with E-state index in [2.05, 4.69) is 10.2 Å². The predicted molar refractivity (Wildman–Crippen MR) is 70.2 cm³/mol. The van der Waals surface area contributed by atoms with Crippen LogP contribution in [0.25, 0.3) is 22.9 Å². The van der Waals surface area contributed by atoms with E-state index in [9.17, 15) is 13.2 Å². The molecule has 6 heteroatoms. The standard InChI is InChI=1S/C15H9F3N2O/c16-15(17,18)12-9-5-4-8-11(12)14-20-19-13(21-14)10-6-2-1-3-7-10/h1-9H. The van der Waals surface area contributed by atoms with Gasteiger partial charge >= 0.3 is 6.18 Å². The Morgan fingerprint density at radius 2 is 1.38 bits per heavy atom. The first kappa shape index (κ1) is 13.4. The Morgan fingerprint density at radius 3 is 2.10 bits per heavy atom. The number of benzene rings is 2. The van der Waals surface area contributed by atoms with Crippen LogP contribution in [0.3, 0.4) is 0 Å². The van der Waals surface area contributed by atoms with E-state index >= 15 is 0 Å². The van der Waals surface area contributed by atoms with Crippen LogP contribution in [0.15, 0.2) is 59.0 Å². The summed E-state index contributed by atoms with van der Waals surface area (Å²) in [5.74, 6) is 0.0318. The van der Waals surface area contributed by atoms with Gasteiger partial charge in [-0.1, -0.05) is 30.3 Å². The first-order chi connectivity index (χ1) is 10.1. The van der Waals surface area contributed by atoms with Gasteiger partial charge in [0.25, 0.3) is 0 Å². The molecule has 0 aliphatic heterocycles. The molecule has 1 aromatic heterocycles. The zero-order valence-corrected chi connectivity index (χ0v) is 10.6. The van der Waals surface area contributed by atoms with Crippen molar-refractivity contribution in [2.75, 3.05) is 0 Å². The van der Waals surface area contributed by atoms with E-state index in [0.717, 1.165) is 6.07 Å². The van der Waals surface area contributed by atoms with Gasteiger partial charge in [0.1, 0.15) is 0 Å². The summed E-state index contributed by atoms with van der Waals surface area (Å²) in [7, 11) is 0. The second-order valence-corrected chi connectivity index (χ2v) is 4.32. The van der Waals surface area contributed by atoms with Crippen LogP contribution >= 0.6 is 0 Å². The molecule has 0 atom stereocenters. The van der Waals surface area contributed by atoms with Gasteiger partial charge in [0.05, 0.1) is 11.1 Å². The number of aromatic nitrogens is 2. The second-order valence-electron chi connectivity index (χ2n) is 4.32. The van der Waals surface area contributed by atoms with Gasteiger partial charge in [-0.2, -0.15) is 13.2 Å². The van der Waals surface area contributed by atoms with E-state index in [0.29, 0.717) is 5.56 Å². The van der Waals surface area contributed by atoms with Crippen LogP contribution in [-0.4, -0.2) is 10.2 Å². The molecule has 0 radical (unpaired) electrons. The van der Waals surface area contributed by atoms with E-state index in [1.807, 2.05) is 6.07 Å². The Kier molecular flexibility index (Phi) is 3.21. The smallest absolute Gasteiger partial charge is 0.416 e. The van der Waals surface area contributed by atoms with Crippen molar-refractivity contribution in [3.05, 3.63) is 60.2 Å². The van der Waals surface area contributed by atoms with Crippen molar-refractivity contribution in [1.29, 1.82) is 0 Å². The highest BCUT2D eigenvalue weighted by atomic mass is 19.4. The topological polar surface area (TPSA) is 38.9 Å². The summed E-state index contributed by atoms with van der Waals surface area (Å²) in [5.41, 5.74) is -0.270. The molecular formula is C15H9F3N2O. The maximum Gasteiger partial charge on any atom is 0.417 e. The highest BCUT2D eigenvalue weighted by Crippen LogP contribution is 2.36. The minimum absolute atomic E-state index is 0.125. The fraction of sp³-hybridized carbons (Fsp3) is 0.0667. The number of hydrogen-bond acceptors (Lipinski definition) is 3. The molecule has 3 rings (SSSR count). The molecule has 3 nitrogen and oxygen atoms in total. The lowest BCUT2D eigenvalue weighted by molar-refractivity contribution is -0.137. The van der Waals surface area contributed by atoms with E-state index in [4.69, 9.17) is 4.42 Å². The molecule has 0 aliphatic carbocycles. The quantitative estimate of drug-likeness (QED) is 0.701. The van der Waals surface area contributed by atoms with Gasteiger partial charge in [0.15, 0.2) is 0 Å². The number of nitrogens with zero attached hydrogens (tertiary/aromatic N) is 2. The molecule has 21 heavy (non-hydrogen) atoms. The minimum atomic E-state index is -4.47. The van der Waals surface area contributed by atoms with Crippen LogP contribution in [0.1, 0.15) is 5.56 Å². The summed E-state index contributed by atoms with van der Waals surface area (Å²) in [6.45, 7) is 0. The summed E-state index contributed by atoms with van der Waals surface area (Å²) in [6.07, 6.45) is -4.47. The van der Waals surface area contributed by atoms with Crippen molar-refractivity contribution in [3.63, 3.8) is 0 Å². The highest BCUT2D eigenvalue weighted by molar-refractivity contribution is 5.61. The normalized spacial score (nSPS) is 11.6. The Hall–Kier alpha value is -2.63. The van der Waals surface area contributed by atoms with E-state index in [-0.39, 0.29) is 17.3 Å². The van der Waals surface area contributed by atoms with Crippen molar-refractivity contribution in [2.24, 2.45) is 0 Å². The predicted octanol–water partition coefficient (Wildman–Crippen LogP) is 4.42. The largest absolute Gasteiger partial charge is 0.417 e. The molecule has 0 bridgehead atoms. The zero-order chi connectivity index (χ0) is 14.9. The fourth-order valence-electron chi connectivity index (χ4n) is 1.95. The van der Waals surface area contributed by atoms with E-state index < -0.39 is 11.7 Å². The van der Waals surface area contributed by atoms with Crippen LogP contribution in [0.2, 0.25) is 0 Å². The first-order valence-corrected chi connectivity index (χ1v) is 6.11. The third kappa shape index (κ3) is 2.65. The molecule has 3 aromatic rings. The summed E-state index contributed by atoms with van der Waals surface area (Å²) in [4.78, 5) is 0.